The molecular formula is C20H16ClN3S. The van der Waals surface area contributed by atoms with Crippen molar-refractivity contribution in [2.75, 3.05) is 5.32 Å². The van der Waals surface area contributed by atoms with Crippen LogP contribution in [0.1, 0.15) is 11.4 Å². The van der Waals surface area contributed by atoms with Crippen molar-refractivity contribution in [1.82, 2.24) is 9.97 Å². The van der Waals surface area contributed by atoms with Crippen LogP contribution in [0.3, 0.4) is 0 Å². The molecule has 3 nitrogen and oxygen atoms in total. The van der Waals surface area contributed by atoms with E-state index < -0.39 is 0 Å². The predicted molar refractivity (Wildman–Crippen MR) is 107 cm³/mol. The van der Waals surface area contributed by atoms with Crippen molar-refractivity contribution in [1.29, 1.82) is 0 Å². The van der Waals surface area contributed by atoms with E-state index in [0.29, 0.717) is 0 Å². The Bertz CT molecular complexity index is 1060. The summed E-state index contributed by atoms with van der Waals surface area (Å²) in [5, 5.41) is 5.19. The van der Waals surface area contributed by atoms with Gasteiger partial charge in [-0.2, -0.15) is 0 Å². The number of aromatic nitrogens is 2. The fraction of sp³-hybridized carbons (Fsp3) is 0.100. The number of anilines is 2. The molecule has 0 unspecified atom stereocenters. The standard InChI is InChI=1S/C20H16ClN3S/c1-12-16(21)9-6-10-17(12)24-19-15-11-18(14-7-4-3-5-8-14)25-20(15)23-13(2)22-19/h3-11H,1-2H3,(H,22,23,24). The summed E-state index contributed by atoms with van der Waals surface area (Å²) in [6, 6.07) is 18.3. The fourth-order valence-corrected chi connectivity index (χ4v) is 4.00. The van der Waals surface area contributed by atoms with Crippen LogP contribution in [0.15, 0.2) is 54.6 Å². The van der Waals surface area contributed by atoms with Crippen LogP contribution in [0.5, 0.6) is 0 Å². The van der Waals surface area contributed by atoms with Gasteiger partial charge < -0.3 is 5.32 Å². The van der Waals surface area contributed by atoms with Gasteiger partial charge in [0.1, 0.15) is 16.5 Å². The fourth-order valence-electron chi connectivity index (χ4n) is 2.74. The van der Waals surface area contributed by atoms with Crippen LogP contribution in [-0.2, 0) is 0 Å². The largest absolute Gasteiger partial charge is 0.339 e. The zero-order chi connectivity index (χ0) is 17.4. The first-order chi connectivity index (χ1) is 12.1. The van der Waals surface area contributed by atoms with Gasteiger partial charge in [0.2, 0.25) is 0 Å². The molecule has 0 fully saturated rings. The van der Waals surface area contributed by atoms with Gasteiger partial charge in [-0.15, -0.1) is 11.3 Å². The van der Waals surface area contributed by atoms with Crippen molar-refractivity contribution < 1.29 is 0 Å². The maximum Gasteiger partial charge on any atom is 0.142 e. The van der Waals surface area contributed by atoms with Crippen molar-refractivity contribution in [2.24, 2.45) is 0 Å². The summed E-state index contributed by atoms with van der Waals surface area (Å²) in [5.74, 6) is 1.56. The highest BCUT2D eigenvalue weighted by molar-refractivity contribution is 7.21. The Morgan fingerprint density at radius 3 is 2.56 bits per heavy atom. The Hall–Kier alpha value is -2.43. The number of hydrogen-bond acceptors (Lipinski definition) is 4. The maximum absolute atomic E-state index is 6.24. The average molecular weight is 366 g/mol. The van der Waals surface area contributed by atoms with Gasteiger partial charge in [-0.05, 0) is 43.2 Å². The Labute approximate surface area is 155 Å². The first kappa shape index (κ1) is 16.1. The minimum Gasteiger partial charge on any atom is -0.339 e. The Balaban J connectivity index is 1.83. The number of nitrogens with one attached hydrogen (secondary N) is 1. The molecule has 25 heavy (non-hydrogen) atoms. The summed E-state index contributed by atoms with van der Waals surface area (Å²) in [4.78, 5) is 11.4. The summed E-state index contributed by atoms with van der Waals surface area (Å²) in [7, 11) is 0. The van der Waals surface area contributed by atoms with Gasteiger partial charge in [-0.25, -0.2) is 9.97 Å². The highest BCUT2D eigenvalue weighted by Crippen LogP contribution is 2.36. The monoisotopic (exact) mass is 365 g/mol. The van der Waals surface area contributed by atoms with Gasteiger partial charge in [0, 0.05) is 15.6 Å². The molecule has 2 aromatic carbocycles. The van der Waals surface area contributed by atoms with Gasteiger partial charge >= 0.3 is 0 Å². The summed E-state index contributed by atoms with van der Waals surface area (Å²) in [6.45, 7) is 3.91. The summed E-state index contributed by atoms with van der Waals surface area (Å²) in [6.07, 6.45) is 0. The summed E-state index contributed by atoms with van der Waals surface area (Å²) < 4.78 is 0. The molecule has 124 valence electrons. The van der Waals surface area contributed by atoms with Crippen molar-refractivity contribution in [3.05, 3.63) is 71.0 Å². The van der Waals surface area contributed by atoms with Gasteiger partial charge in [0.05, 0.1) is 5.39 Å². The Kier molecular flexibility index (Phi) is 4.15. The van der Waals surface area contributed by atoms with Gasteiger partial charge in [-0.3, -0.25) is 0 Å². The molecule has 0 bridgehead atoms. The molecule has 1 N–H and O–H groups in total. The zero-order valence-corrected chi connectivity index (χ0v) is 15.4. The third-order valence-corrected chi connectivity index (χ3v) is 5.57. The lowest BCUT2D eigenvalue weighted by Gasteiger charge is -2.11. The SMILES string of the molecule is Cc1nc(Nc2cccc(Cl)c2C)c2cc(-c3ccccc3)sc2n1. The van der Waals surface area contributed by atoms with Gasteiger partial charge in [0.15, 0.2) is 0 Å². The van der Waals surface area contributed by atoms with E-state index in [1.165, 1.54) is 10.4 Å². The first-order valence-corrected chi connectivity index (χ1v) is 9.17. The minimum absolute atomic E-state index is 0.738. The number of fused-ring (bicyclic) bond motifs is 1. The van der Waals surface area contributed by atoms with E-state index >= 15 is 0 Å². The number of thiophene rings is 1. The maximum atomic E-state index is 6.24. The van der Waals surface area contributed by atoms with Crippen LogP contribution in [0.4, 0.5) is 11.5 Å². The molecular weight excluding hydrogens is 350 g/mol. The molecule has 0 radical (unpaired) electrons. The third kappa shape index (κ3) is 3.11. The smallest absolute Gasteiger partial charge is 0.142 e. The van der Waals surface area contributed by atoms with Crippen molar-refractivity contribution in [3.8, 4) is 10.4 Å². The van der Waals surface area contributed by atoms with Gasteiger partial charge in [-0.1, -0.05) is 48.0 Å². The normalized spacial score (nSPS) is 11.0. The second-order valence-corrected chi connectivity index (χ2v) is 7.29. The second kappa shape index (κ2) is 6.47. The van der Waals surface area contributed by atoms with E-state index in [4.69, 9.17) is 11.6 Å². The topological polar surface area (TPSA) is 37.8 Å². The molecule has 2 aromatic heterocycles. The molecule has 0 atom stereocenters. The van der Waals surface area contributed by atoms with Crippen molar-refractivity contribution in [3.63, 3.8) is 0 Å². The van der Waals surface area contributed by atoms with Crippen LogP contribution in [-0.4, -0.2) is 9.97 Å². The van der Waals surface area contributed by atoms with Crippen LogP contribution in [0.2, 0.25) is 5.02 Å². The van der Waals surface area contributed by atoms with E-state index in [1.807, 2.05) is 50.2 Å². The van der Waals surface area contributed by atoms with E-state index in [1.54, 1.807) is 11.3 Å². The number of halogens is 1. The number of hydrogen-bond donors (Lipinski definition) is 1. The van der Waals surface area contributed by atoms with Gasteiger partial charge in [0.25, 0.3) is 0 Å². The van der Waals surface area contributed by atoms with E-state index in [2.05, 4.69) is 33.5 Å². The molecule has 5 heteroatoms. The number of benzene rings is 2. The lowest BCUT2D eigenvalue weighted by molar-refractivity contribution is 1.10. The molecule has 4 rings (SSSR count). The Morgan fingerprint density at radius 2 is 1.76 bits per heavy atom. The van der Waals surface area contributed by atoms with E-state index in [9.17, 15) is 0 Å². The average Bonchev–Trinajstić information content (AvgIpc) is 3.04. The minimum atomic E-state index is 0.738. The molecule has 0 aliphatic heterocycles. The van der Waals surface area contributed by atoms with Crippen molar-refractivity contribution in [2.45, 2.75) is 13.8 Å². The van der Waals surface area contributed by atoms with Crippen LogP contribution in [0, 0.1) is 13.8 Å². The first-order valence-electron chi connectivity index (χ1n) is 7.97. The third-order valence-electron chi connectivity index (χ3n) is 4.08. The molecule has 0 aliphatic carbocycles. The number of nitrogens with zero attached hydrogens (tertiary/aromatic N) is 2. The Morgan fingerprint density at radius 1 is 0.960 bits per heavy atom. The molecule has 0 aliphatic rings. The van der Waals surface area contributed by atoms with Crippen LogP contribution in [0.25, 0.3) is 20.7 Å². The summed E-state index contributed by atoms with van der Waals surface area (Å²) >= 11 is 7.92. The molecule has 0 amide bonds. The zero-order valence-electron chi connectivity index (χ0n) is 13.9. The van der Waals surface area contributed by atoms with Crippen LogP contribution < -0.4 is 5.32 Å². The molecule has 0 spiro atoms. The highest BCUT2D eigenvalue weighted by atomic mass is 35.5. The van der Waals surface area contributed by atoms with Crippen LogP contribution >= 0.6 is 22.9 Å². The highest BCUT2D eigenvalue weighted by Gasteiger charge is 2.13. The number of rotatable bonds is 3. The molecule has 0 saturated carbocycles. The molecule has 4 aromatic rings. The molecule has 0 saturated heterocycles. The number of aryl methyl sites for hydroxylation is 1. The second-order valence-electron chi connectivity index (χ2n) is 5.85. The van der Waals surface area contributed by atoms with E-state index in [0.717, 1.165) is 38.1 Å². The summed E-state index contributed by atoms with van der Waals surface area (Å²) in [5.41, 5.74) is 3.15. The molecule has 2 heterocycles. The lowest BCUT2D eigenvalue weighted by Crippen LogP contribution is -1.99. The van der Waals surface area contributed by atoms with Crippen molar-refractivity contribution >= 4 is 44.7 Å². The quantitative estimate of drug-likeness (QED) is 0.458. The predicted octanol–water partition coefficient (Wildman–Crippen LogP) is 6.37. The van der Waals surface area contributed by atoms with E-state index in [-0.39, 0.29) is 0 Å². The lowest BCUT2D eigenvalue weighted by atomic mass is 10.1.